The molecule has 0 aliphatic carbocycles. The second kappa shape index (κ2) is 11.5. The first-order chi connectivity index (χ1) is 24.2. The first kappa shape index (κ1) is 28.6. The van der Waals surface area contributed by atoms with E-state index in [9.17, 15) is 0 Å². The largest absolute Gasteiger partial charge is 0.456 e. The number of aliphatic imine (C=N–C) groups is 1. The average molecular weight is 635 g/mol. The first-order valence-electron chi connectivity index (χ1n) is 16.2. The van der Waals surface area contributed by atoms with Crippen molar-refractivity contribution in [3.8, 4) is 5.69 Å². The molecular weight excluding hydrogens is 604 g/mol. The number of aromatic nitrogens is 2. The molecule has 0 amide bonds. The lowest BCUT2D eigenvalue weighted by molar-refractivity contribution is 0.666. The van der Waals surface area contributed by atoms with Crippen LogP contribution in [-0.2, 0) is 5.41 Å². The zero-order valence-electron chi connectivity index (χ0n) is 26.4. The van der Waals surface area contributed by atoms with Crippen LogP contribution in [0.2, 0.25) is 0 Å². The molecule has 234 valence electrons. The summed E-state index contributed by atoms with van der Waals surface area (Å²) in [6, 6.07) is 50.9. The fourth-order valence-corrected chi connectivity index (χ4v) is 6.97. The van der Waals surface area contributed by atoms with Gasteiger partial charge in [0.25, 0.3) is 0 Å². The standard InChI is InChI=1S/C43H30N4O2/c44-41(23-25-45-31-19-21-39-35(27-31)33-15-7-9-17-37(33)48-39)43(29-11-3-1-4-12-29,30-13-5-2-6-14-30)42-24-26-47(46-42)32-20-22-40-36(28-32)34-16-8-10-18-38(34)49-40/h1-28H,44H2. The molecule has 6 aromatic carbocycles. The van der Waals surface area contributed by atoms with Gasteiger partial charge in [0.15, 0.2) is 0 Å². The molecule has 0 spiro atoms. The van der Waals surface area contributed by atoms with Crippen molar-refractivity contribution in [1.29, 1.82) is 0 Å². The zero-order valence-corrected chi connectivity index (χ0v) is 26.4. The van der Waals surface area contributed by atoms with Gasteiger partial charge in [-0.15, -0.1) is 0 Å². The van der Waals surface area contributed by atoms with Crippen LogP contribution in [0, 0.1) is 0 Å². The third-order valence-corrected chi connectivity index (χ3v) is 9.28. The van der Waals surface area contributed by atoms with Gasteiger partial charge in [0.1, 0.15) is 27.7 Å². The minimum absolute atomic E-state index is 0.588. The van der Waals surface area contributed by atoms with Crippen molar-refractivity contribution in [2.24, 2.45) is 10.7 Å². The summed E-state index contributed by atoms with van der Waals surface area (Å²) in [5.41, 5.74) is 14.8. The highest BCUT2D eigenvalue weighted by Crippen LogP contribution is 2.43. The summed E-state index contributed by atoms with van der Waals surface area (Å²) in [6.07, 6.45) is 5.65. The molecule has 0 aliphatic rings. The van der Waals surface area contributed by atoms with Gasteiger partial charge in [0.05, 0.1) is 17.1 Å². The maximum absolute atomic E-state index is 7.23. The maximum atomic E-state index is 7.23. The van der Waals surface area contributed by atoms with Crippen molar-refractivity contribution < 1.29 is 8.83 Å². The molecule has 49 heavy (non-hydrogen) atoms. The summed E-state index contributed by atoms with van der Waals surface area (Å²) in [4.78, 5) is 4.82. The minimum Gasteiger partial charge on any atom is -0.456 e. The van der Waals surface area contributed by atoms with Crippen LogP contribution in [0.4, 0.5) is 5.69 Å². The molecule has 0 radical (unpaired) electrons. The topological polar surface area (TPSA) is 82.5 Å². The van der Waals surface area contributed by atoms with Crippen molar-refractivity contribution in [2.45, 2.75) is 5.41 Å². The van der Waals surface area contributed by atoms with E-state index in [2.05, 4.69) is 42.5 Å². The molecule has 0 atom stereocenters. The quantitative estimate of drug-likeness (QED) is 0.177. The van der Waals surface area contributed by atoms with Gasteiger partial charge in [-0.05, 0) is 71.8 Å². The molecule has 9 aromatic rings. The lowest BCUT2D eigenvalue weighted by Crippen LogP contribution is -2.36. The molecule has 0 bridgehead atoms. The summed E-state index contributed by atoms with van der Waals surface area (Å²) in [5.74, 6) is 0. The molecule has 6 nitrogen and oxygen atoms in total. The number of benzene rings is 6. The van der Waals surface area contributed by atoms with Crippen LogP contribution in [-0.4, -0.2) is 16.0 Å². The van der Waals surface area contributed by atoms with Gasteiger partial charge in [-0.25, -0.2) is 4.68 Å². The number of hydrogen-bond donors (Lipinski definition) is 1. The van der Waals surface area contributed by atoms with Crippen LogP contribution in [0.3, 0.4) is 0 Å². The number of nitrogens with zero attached hydrogens (tertiary/aromatic N) is 3. The molecule has 3 aromatic heterocycles. The summed E-state index contributed by atoms with van der Waals surface area (Å²) >= 11 is 0. The SMILES string of the molecule is NC(=CC=Nc1ccc2oc3ccccc3c2c1)C(c1ccccc1)(c1ccccc1)c1ccn(-c2ccc3oc4ccccc4c3c2)n1. The van der Waals surface area contributed by atoms with Gasteiger partial charge in [-0.3, -0.25) is 4.99 Å². The summed E-state index contributed by atoms with van der Waals surface area (Å²) in [7, 11) is 0. The molecule has 9 rings (SSSR count). The summed E-state index contributed by atoms with van der Waals surface area (Å²) < 4.78 is 14.0. The van der Waals surface area contributed by atoms with Gasteiger partial charge >= 0.3 is 0 Å². The van der Waals surface area contributed by atoms with Crippen LogP contribution in [0.5, 0.6) is 0 Å². The van der Waals surface area contributed by atoms with Crippen molar-refractivity contribution in [2.75, 3.05) is 0 Å². The van der Waals surface area contributed by atoms with Crippen molar-refractivity contribution in [3.63, 3.8) is 0 Å². The van der Waals surface area contributed by atoms with Gasteiger partial charge in [0.2, 0.25) is 0 Å². The Hall–Kier alpha value is -6.66. The number of allylic oxidation sites excluding steroid dienone is 2. The van der Waals surface area contributed by atoms with Gasteiger partial charge in [0, 0.05) is 39.7 Å². The molecule has 2 N–H and O–H groups in total. The van der Waals surface area contributed by atoms with E-state index < -0.39 is 5.41 Å². The number of rotatable bonds is 7. The van der Waals surface area contributed by atoms with E-state index in [1.165, 1.54) is 0 Å². The second-order valence-electron chi connectivity index (χ2n) is 12.1. The predicted molar refractivity (Wildman–Crippen MR) is 198 cm³/mol. The van der Waals surface area contributed by atoms with Crippen LogP contribution < -0.4 is 5.73 Å². The molecule has 0 unspecified atom stereocenters. The lowest BCUT2D eigenvalue weighted by atomic mass is 9.69. The third kappa shape index (κ3) is 4.73. The number of para-hydroxylation sites is 2. The highest BCUT2D eigenvalue weighted by molar-refractivity contribution is 6.06. The van der Waals surface area contributed by atoms with Crippen LogP contribution in [0.25, 0.3) is 49.6 Å². The van der Waals surface area contributed by atoms with Crippen molar-refractivity contribution in [3.05, 3.63) is 186 Å². The Morgan fingerprint density at radius 2 is 1.14 bits per heavy atom. The van der Waals surface area contributed by atoms with Crippen LogP contribution >= 0.6 is 0 Å². The highest BCUT2D eigenvalue weighted by Gasteiger charge is 2.41. The normalized spacial score (nSPS) is 12.6. The van der Waals surface area contributed by atoms with Crippen LogP contribution in [0.1, 0.15) is 16.8 Å². The predicted octanol–water partition coefficient (Wildman–Crippen LogP) is 10.3. The average Bonchev–Trinajstić information content (AvgIpc) is 3.89. The fourth-order valence-electron chi connectivity index (χ4n) is 6.97. The number of fused-ring (bicyclic) bond motifs is 6. The third-order valence-electron chi connectivity index (χ3n) is 9.28. The van der Waals surface area contributed by atoms with Crippen molar-refractivity contribution >= 4 is 55.8 Å². The first-order valence-corrected chi connectivity index (χ1v) is 16.2. The van der Waals surface area contributed by atoms with E-state index in [1.807, 2.05) is 126 Å². The number of furan rings is 2. The summed E-state index contributed by atoms with van der Waals surface area (Å²) in [5, 5.41) is 9.43. The summed E-state index contributed by atoms with van der Waals surface area (Å²) in [6.45, 7) is 0. The van der Waals surface area contributed by atoms with E-state index in [0.29, 0.717) is 5.70 Å². The molecule has 0 aliphatic heterocycles. The fraction of sp³-hybridized carbons (Fsp3) is 0.0233. The number of nitrogens with two attached hydrogens (primary N) is 1. The monoisotopic (exact) mass is 634 g/mol. The van der Waals surface area contributed by atoms with Gasteiger partial charge in [-0.1, -0.05) is 97.1 Å². The van der Waals surface area contributed by atoms with Gasteiger partial charge in [-0.2, -0.15) is 5.10 Å². The Morgan fingerprint density at radius 1 is 0.592 bits per heavy atom. The Balaban J connectivity index is 1.17. The second-order valence-corrected chi connectivity index (χ2v) is 12.1. The molecule has 0 saturated heterocycles. The Bertz CT molecular complexity index is 2640. The Labute approximate surface area is 282 Å². The Kier molecular flexibility index (Phi) is 6.73. The highest BCUT2D eigenvalue weighted by atomic mass is 16.3. The smallest absolute Gasteiger partial charge is 0.135 e. The van der Waals surface area contributed by atoms with Gasteiger partial charge < -0.3 is 14.6 Å². The number of hydrogen-bond acceptors (Lipinski definition) is 5. The van der Waals surface area contributed by atoms with Crippen molar-refractivity contribution in [1.82, 2.24) is 9.78 Å². The van der Waals surface area contributed by atoms with E-state index >= 15 is 0 Å². The molecule has 0 saturated carbocycles. The zero-order chi connectivity index (χ0) is 32.8. The Morgan fingerprint density at radius 3 is 1.80 bits per heavy atom. The van der Waals surface area contributed by atoms with E-state index in [1.54, 1.807) is 6.21 Å². The maximum Gasteiger partial charge on any atom is 0.135 e. The minimum atomic E-state index is -0.906. The molecule has 0 fully saturated rings. The van der Waals surface area contributed by atoms with E-state index in [-0.39, 0.29) is 0 Å². The van der Waals surface area contributed by atoms with E-state index in [4.69, 9.17) is 24.7 Å². The lowest BCUT2D eigenvalue weighted by Gasteiger charge is -2.34. The molecule has 6 heteroatoms. The molecular formula is C43H30N4O2. The van der Waals surface area contributed by atoms with E-state index in [0.717, 1.165) is 72.1 Å². The van der Waals surface area contributed by atoms with Crippen LogP contribution in [0.15, 0.2) is 183 Å². The molecule has 3 heterocycles.